The zero-order valence-electron chi connectivity index (χ0n) is 7.88. The van der Waals surface area contributed by atoms with Gasteiger partial charge in [0.15, 0.2) is 0 Å². The molecule has 0 spiro atoms. The van der Waals surface area contributed by atoms with Gasteiger partial charge in [-0.1, -0.05) is 30.0 Å². The lowest BCUT2D eigenvalue weighted by atomic mass is 10.2. The van der Waals surface area contributed by atoms with Crippen molar-refractivity contribution in [3.05, 3.63) is 40.8 Å². The van der Waals surface area contributed by atoms with Gasteiger partial charge in [0, 0.05) is 10.8 Å². The Morgan fingerprint density at radius 1 is 1.38 bits per heavy atom. The molecule has 0 amide bonds. The van der Waals surface area contributed by atoms with Crippen LogP contribution < -0.4 is 0 Å². The molecule has 2 heteroatoms. The van der Waals surface area contributed by atoms with Crippen molar-refractivity contribution in [2.75, 3.05) is 0 Å². The minimum atomic E-state index is 0.591. The summed E-state index contributed by atoms with van der Waals surface area (Å²) >= 11 is 7.47. The number of rotatable bonds is 3. The lowest BCUT2D eigenvalue weighted by Gasteiger charge is -2.01. The average Bonchev–Trinajstić information content (AvgIpc) is 2.19. The predicted molar refractivity (Wildman–Crippen MR) is 61.3 cm³/mol. The molecule has 1 rings (SSSR count). The third kappa shape index (κ3) is 3.45. The Kier molecular flexibility index (Phi) is 4.40. The monoisotopic (exact) mass is 212 g/mol. The average molecular weight is 213 g/mol. The Bertz CT molecular complexity index is 287. The zero-order chi connectivity index (χ0) is 9.68. The Balaban J connectivity index is 2.69. The molecule has 0 unspecified atom stereocenters. The van der Waals surface area contributed by atoms with Crippen LogP contribution in [-0.2, 0) is 5.88 Å². The number of hydrogen-bond donors (Lipinski definition) is 0. The van der Waals surface area contributed by atoms with Crippen molar-refractivity contribution in [1.82, 2.24) is 0 Å². The van der Waals surface area contributed by atoms with E-state index in [4.69, 9.17) is 11.6 Å². The van der Waals surface area contributed by atoms with Gasteiger partial charge in [-0.3, -0.25) is 0 Å². The van der Waals surface area contributed by atoms with E-state index in [0.717, 1.165) is 0 Å². The topological polar surface area (TPSA) is 0 Å². The number of thioether (sulfide) groups is 1. The number of halogens is 1. The first-order chi connectivity index (χ1) is 6.26. The van der Waals surface area contributed by atoms with E-state index in [1.807, 2.05) is 0 Å². The first-order valence-corrected chi connectivity index (χ1v) is 5.57. The second kappa shape index (κ2) is 5.36. The summed E-state index contributed by atoms with van der Waals surface area (Å²) in [5, 5.41) is 0. The first kappa shape index (κ1) is 10.7. The van der Waals surface area contributed by atoms with Crippen LogP contribution in [0.4, 0.5) is 0 Å². The molecule has 0 aliphatic carbocycles. The van der Waals surface area contributed by atoms with E-state index >= 15 is 0 Å². The lowest BCUT2D eigenvalue weighted by Crippen LogP contribution is -1.77. The predicted octanol–water partition coefficient (Wildman–Crippen LogP) is 4.44. The highest BCUT2D eigenvalue weighted by Crippen LogP contribution is 2.26. The van der Waals surface area contributed by atoms with Crippen molar-refractivity contribution in [3.8, 4) is 0 Å². The molecule has 1 aromatic rings. The summed E-state index contributed by atoms with van der Waals surface area (Å²) in [6.45, 7) is 4.16. The molecule has 1 aromatic carbocycles. The molecule has 0 radical (unpaired) electrons. The van der Waals surface area contributed by atoms with E-state index in [2.05, 4.69) is 44.2 Å². The van der Waals surface area contributed by atoms with Gasteiger partial charge in [0.25, 0.3) is 0 Å². The maximum atomic E-state index is 5.69. The zero-order valence-corrected chi connectivity index (χ0v) is 9.45. The third-order valence-corrected chi connectivity index (χ3v) is 3.14. The van der Waals surface area contributed by atoms with Crippen LogP contribution in [0.3, 0.4) is 0 Å². The molecule has 0 bridgehead atoms. The van der Waals surface area contributed by atoms with Gasteiger partial charge in [0.1, 0.15) is 0 Å². The fourth-order valence-corrected chi connectivity index (χ4v) is 1.83. The molecule has 70 valence electrons. The summed E-state index contributed by atoms with van der Waals surface area (Å²) in [4.78, 5) is 2.59. The molecule has 0 aliphatic heterocycles. The highest BCUT2D eigenvalue weighted by Gasteiger charge is 1.95. The van der Waals surface area contributed by atoms with Crippen molar-refractivity contribution in [2.24, 2.45) is 0 Å². The van der Waals surface area contributed by atoms with Crippen molar-refractivity contribution in [1.29, 1.82) is 0 Å². The van der Waals surface area contributed by atoms with Gasteiger partial charge in [-0.05, 0) is 36.4 Å². The van der Waals surface area contributed by atoms with E-state index in [1.54, 1.807) is 11.8 Å². The van der Waals surface area contributed by atoms with Gasteiger partial charge in [-0.2, -0.15) is 0 Å². The van der Waals surface area contributed by atoms with Crippen molar-refractivity contribution in [2.45, 2.75) is 24.6 Å². The van der Waals surface area contributed by atoms with E-state index < -0.39 is 0 Å². The second-order valence-corrected chi connectivity index (χ2v) is 4.37. The Hall–Kier alpha value is -0.400. The maximum absolute atomic E-state index is 5.69. The second-order valence-electron chi connectivity index (χ2n) is 2.78. The van der Waals surface area contributed by atoms with Gasteiger partial charge in [-0.25, -0.2) is 0 Å². The van der Waals surface area contributed by atoms with Crippen molar-refractivity contribution >= 4 is 23.4 Å². The summed E-state index contributed by atoms with van der Waals surface area (Å²) in [6, 6.07) is 8.35. The van der Waals surface area contributed by atoms with E-state index in [1.165, 1.54) is 15.4 Å². The van der Waals surface area contributed by atoms with Crippen LogP contribution >= 0.6 is 23.4 Å². The van der Waals surface area contributed by atoms with Crippen LogP contribution in [-0.4, -0.2) is 0 Å². The third-order valence-electron chi connectivity index (χ3n) is 1.76. The van der Waals surface area contributed by atoms with Crippen LogP contribution in [0.1, 0.15) is 19.4 Å². The van der Waals surface area contributed by atoms with Gasteiger partial charge < -0.3 is 0 Å². The van der Waals surface area contributed by atoms with Crippen molar-refractivity contribution in [3.63, 3.8) is 0 Å². The molecule has 0 heterocycles. The van der Waals surface area contributed by atoms with Crippen LogP contribution in [0.5, 0.6) is 0 Å². The summed E-state index contributed by atoms with van der Waals surface area (Å²) in [5.74, 6) is 0.591. The molecule has 0 fully saturated rings. The highest BCUT2D eigenvalue weighted by atomic mass is 35.5. The fraction of sp³-hybridized carbons (Fsp3) is 0.273. The van der Waals surface area contributed by atoms with Crippen LogP contribution in [0.2, 0.25) is 0 Å². The molecular formula is C11H13ClS. The Labute approximate surface area is 89.0 Å². The maximum Gasteiger partial charge on any atom is 0.0474 e. The van der Waals surface area contributed by atoms with E-state index in [0.29, 0.717) is 5.88 Å². The van der Waals surface area contributed by atoms with Crippen LogP contribution in [0.25, 0.3) is 0 Å². The van der Waals surface area contributed by atoms with Crippen LogP contribution in [0.15, 0.2) is 40.1 Å². The number of benzene rings is 1. The normalized spacial score (nSPS) is 11.8. The smallest absolute Gasteiger partial charge is 0.0474 e. The minimum absolute atomic E-state index is 0.591. The van der Waals surface area contributed by atoms with E-state index in [9.17, 15) is 0 Å². The van der Waals surface area contributed by atoms with Crippen LogP contribution in [0, 0.1) is 0 Å². The standard InChI is InChI=1S/C11H13ClS/c1-3-9(2)13-11-6-4-10(8-12)5-7-11/h3-7H,8H2,1-2H3. The number of allylic oxidation sites excluding steroid dienone is 2. The largest absolute Gasteiger partial charge is 0.122 e. The molecule has 0 saturated carbocycles. The summed E-state index contributed by atoms with van der Waals surface area (Å²) in [6.07, 6.45) is 2.11. The van der Waals surface area contributed by atoms with Gasteiger partial charge in [0.05, 0.1) is 0 Å². The molecule has 0 N–H and O–H groups in total. The quantitative estimate of drug-likeness (QED) is 0.527. The van der Waals surface area contributed by atoms with Gasteiger partial charge in [0.2, 0.25) is 0 Å². The van der Waals surface area contributed by atoms with Gasteiger partial charge >= 0.3 is 0 Å². The molecule has 0 aromatic heterocycles. The van der Waals surface area contributed by atoms with Gasteiger partial charge in [-0.15, -0.1) is 11.6 Å². The summed E-state index contributed by atoms with van der Waals surface area (Å²) in [5.41, 5.74) is 1.17. The molecule has 0 atom stereocenters. The Morgan fingerprint density at radius 2 is 2.00 bits per heavy atom. The molecule has 13 heavy (non-hydrogen) atoms. The number of hydrogen-bond acceptors (Lipinski definition) is 1. The minimum Gasteiger partial charge on any atom is -0.122 e. The van der Waals surface area contributed by atoms with Crippen molar-refractivity contribution < 1.29 is 0 Å². The fourth-order valence-electron chi connectivity index (χ4n) is 0.891. The highest BCUT2D eigenvalue weighted by molar-refractivity contribution is 8.03. The molecule has 0 saturated heterocycles. The lowest BCUT2D eigenvalue weighted by molar-refractivity contribution is 1.34. The Morgan fingerprint density at radius 3 is 2.46 bits per heavy atom. The summed E-state index contributed by atoms with van der Waals surface area (Å²) < 4.78 is 0. The SMILES string of the molecule is CC=C(C)Sc1ccc(CCl)cc1. The molecule has 0 nitrogen and oxygen atoms in total. The molecule has 0 aliphatic rings. The van der Waals surface area contributed by atoms with E-state index in [-0.39, 0.29) is 0 Å². The summed E-state index contributed by atoms with van der Waals surface area (Å²) in [7, 11) is 0. The first-order valence-electron chi connectivity index (χ1n) is 4.22. The molecular weight excluding hydrogens is 200 g/mol. The number of alkyl halides is 1.